The van der Waals surface area contributed by atoms with Crippen LogP contribution in [0.3, 0.4) is 0 Å². The molecule has 0 atom stereocenters. The van der Waals surface area contributed by atoms with Crippen molar-refractivity contribution in [2.75, 3.05) is 6.61 Å². The first-order chi connectivity index (χ1) is 12.0. The molecule has 1 heterocycles. The first-order valence-corrected chi connectivity index (χ1v) is 6.81. The molecule has 2 N–H and O–H groups in total. The maximum Gasteiger partial charge on any atom is 0.387 e. The van der Waals surface area contributed by atoms with E-state index in [4.69, 9.17) is 4.42 Å². The molecule has 0 aliphatic carbocycles. The summed E-state index contributed by atoms with van der Waals surface area (Å²) >= 11 is 0. The highest BCUT2D eigenvalue weighted by Crippen LogP contribution is 2.20. The minimum atomic E-state index is -3.12. The lowest BCUT2D eigenvalue weighted by Crippen LogP contribution is -2.43. The monoisotopic (exact) mass is 354 g/mol. The van der Waals surface area contributed by atoms with Gasteiger partial charge in [-0.2, -0.15) is 8.78 Å². The van der Waals surface area contributed by atoms with Crippen LogP contribution in [-0.2, 0) is 9.53 Å². The molecule has 0 bridgehead atoms. The fourth-order valence-electron chi connectivity index (χ4n) is 1.67. The fourth-order valence-corrected chi connectivity index (χ4v) is 1.67. The van der Waals surface area contributed by atoms with Crippen molar-refractivity contribution >= 4 is 17.8 Å². The van der Waals surface area contributed by atoms with Gasteiger partial charge in [-0.25, -0.2) is 4.79 Å². The summed E-state index contributed by atoms with van der Waals surface area (Å²) in [6, 6.07) is 8.03. The van der Waals surface area contributed by atoms with E-state index in [9.17, 15) is 23.2 Å². The van der Waals surface area contributed by atoms with Crippen LogP contribution in [0.25, 0.3) is 0 Å². The van der Waals surface area contributed by atoms with Gasteiger partial charge in [-0.1, -0.05) is 12.1 Å². The molecule has 10 heteroatoms. The number of hydrazine groups is 1. The molecule has 0 spiro atoms. The number of esters is 1. The Bertz CT molecular complexity index is 748. The topological polar surface area (TPSA) is 107 Å². The molecule has 0 radical (unpaired) electrons. The largest absolute Gasteiger partial charge is 0.459 e. The summed E-state index contributed by atoms with van der Waals surface area (Å²) in [5.41, 5.74) is 3.77. The number of ether oxygens (including phenoxy) is 2. The molecule has 0 saturated carbocycles. The Hall–Kier alpha value is -3.43. The van der Waals surface area contributed by atoms with Crippen molar-refractivity contribution in [2.45, 2.75) is 6.61 Å². The Morgan fingerprint density at radius 1 is 1.08 bits per heavy atom. The van der Waals surface area contributed by atoms with E-state index in [2.05, 4.69) is 9.47 Å². The summed E-state index contributed by atoms with van der Waals surface area (Å²) in [4.78, 5) is 34.9. The van der Waals surface area contributed by atoms with Gasteiger partial charge in [-0.05, 0) is 24.3 Å². The number of amides is 2. The zero-order valence-corrected chi connectivity index (χ0v) is 12.5. The van der Waals surface area contributed by atoms with Gasteiger partial charge in [0.15, 0.2) is 12.4 Å². The third-order valence-corrected chi connectivity index (χ3v) is 2.72. The molecule has 0 aliphatic rings. The molecule has 0 aliphatic heterocycles. The maximum atomic E-state index is 12.3. The van der Waals surface area contributed by atoms with E-state index in [1.807, 2.05) is 10.9 Å². The Morgan fingerprint density at radius 2 is 1.84 bits per heavy atom. The van der Waals surface area contributed by atoms with Gasteiger partial charge in [-0.3, -0.25) is 20.4 Å². The molecule has 8 nitrogen and oxygen atoms in total. The van der Waals surface area contributed by atoms with Crippen molar-refractivity contribution < 1.29 is 37.1 Å². The number of hydrogen-bond donors (Lipinski definition) is 2. The normalized spacial score (nSPS) is 10.2. The SMILES string of the molecule is O=C(COC(=O)c1ccccc1OC(F)F)NNC(=O)c1ccco1. The van der Waals surface area contributed by atoms with E-state index < -0.39 is 31.0 Å². The van der Waals surface area contributed by atoms with Gasteiger partial charge in [0.05, 0.1) is 6.26 Å². The zero-order chi connectivity index (χ0) is 18.2. The van der Waals surface area contributed by atoms with Crippen LogP contribution in [0.4, 0.5) is 8.78 Å². The molecule has 132 valence electrons. The second-order valence-electron chi connectivity index (χ2n) is 4.43. The number of furan rings is 1. The summed E-state index contributed by atoms with van der Waals surface area (Å²) < 4.78 is 38.2. The summed E-state index contributed by atoms with van der Waals surface area (Å²) in [5, 5.41) is 0. The van der Waals surface area contributed by atoms with E-state index in [1.54, 1.807) is 0 Å². The molecule has 25 heavy (non-hydrogen) atoms. The van der Waals surface area contributed by atoms with E-state index in [0.717, 1.165) is 6.07 Å². The van der Waals surface area contributed by atoms with Gasteiger partial charge in [0.2, 0.25) is 0 Å². The smallest absolute Gasteiger partial charge is 0.387 e. The van der Waals surface area contributed by atoms with Crippen LogP contribution < -0.4 is 15.6 Å². The molecule has 2 amide bonds. The number of para-hydroxylation sites is 1. The summed E-state index contributed by atoms with van der Waals surface area (Å²) in [7, 11) is 0. The molecular formula is C15H12F2N2O6. The number of nitrogens with one attached hydrogen (secondary N) is 2. The summed E-state index contributed by atoms with van der Waals surface area (Å²) in [5.74, 6) is -3.01. The molecule has 1 aromatic heterocycles. The highest BCUT2D eigenvalue weighted by Gasteiger charge is 2.18. The third kappa shape index (κ3) is 5.30. The van der Waals surface area contributed by atoms with Crippen LogP contribution in [-0.4, -0.2) is 31.0 Å². The highest BCUT2D eigenvalue weighted by atomic mass is 19.3. The number of rotatable bonds is 6. The Morgan fingerprint density at radius 3 is 2.52 bits per heavy atom. The van der Waals surface area contributed by atoms with Crippen LogP contribution in [0, 0.1) is 0 Å². The lowest BCUT2D eigenvalue weighted by atomic mass is 10.2. The molecule has 1 aromatic carbocycles. The fraction of sp³-hybridized carbons (Fsp3) is 0.133. The third-order valence-electron chi connectivity index (χ3n) is 2.72. The zero-order valence-electron chi connectivity index (χ0n) is 12.5. The Labute approximate surface area is 139 Å². The first-order valence-electron chi connectivity index (χ1n) is 6.81. The predicted molar refractivity (Wildman–Crippen MR) is 77.7 cm³/mol. The molecule has 2 rings (SSSR count). The second kappa shape index (κ2) is 8.43. The van der Waals surface area contributed by atoms with Crippen LogP contribution >= 0.6 is 0 Å². The number of benzene rings is 1. The average molecular weight is 354 g/mol. The van der Waals surface area contributed by atoms with Gasteiger partial charge in [-0.15, -0.1) is 0 Å². The van der Waals surface area contributed by atoms with Crippen LogP contribution in [0.5, 0.6) is 5.75 Å². The number of carbonyl (C=O) groups is 3. The van der Waals surface area contributed by atoms with Crippen LogP contribution in [0.2, 0.25) is 0 Å². The lowest BCUT2D eigenvalue weighted by molar-refractivity contribution is -0.125. The number of hydrogen-bond acceptors (Lipinski definition) is 6. The number of carbonyl (C=O) groups excluding carboxylic acids is 3. The summed E-state index contributed by atoms with van der Waals surface area (Å²) in [6.07, 6.45) is 1.28. The minimum absolute atomic E-state index is 0.0321. The lowest BCUT2D eigenvalue weighted by Gasteiger charge is -2.10. The van der Waals surface area contributed by atoms with Crippen LogP contribution in [0.15, 0.2) is 47.1 Å². The second-order valence-corrected chi connectivity index (χ2v) is 4.43. The van der Waals surface area contributed by atoms with Gasteiger partial charge >= 0.3 is 18.5 Å². The molecule has 0 fully saturated rings. The average Bonchev–Trinajstić information content (AvgIpc) is 3.12. The molecule has 2 aromatic rings. The van der Waals surface area contributed by atoms with Crippen molar-refractivity contribution in [3.63, 3.8) is 0 Å². The van der Waals surface area contributed by atoms with Gasteiger partial charge in [0.1, 0.15) is 11.3 Å². The molecule has 0 unspecified atom stereocenters. The van der Waals surface area contributed by atoms with E-state index in [1.165, 1.54) is 36.6 Å². The highest BCUT2D eigenvalue weighted by molar-refractivity contribution is 5.95. The van der Waals surface area contributed by atoms with Crippen molar-refractivity contribution in [1.82, 2.24) is 10.9 Å². The number of halogens is 2. The summed E-state index contributed by atoms with van der Waals surface area (Å²) in [6.45, 7) is -3.87. The minimum Gasteiger partial charge on any atom is -0.459 e. The Kier molecular flexibility index (Phi) is 6.04. The van der Waals surface area contributed by atoms with Gasteiger partial charge in [0, 0.05) is 0 Å². The Balaban J connectivity index is 1.83. The molecule has 0 saturated heterocycles. The van der Waals surface area contributed by atoms with E-state index in [0.29, 0.717) is 0 Å². The van der Waals surface area contributed by atoms with Crippen LogP contribution in [0.1, 0.15) is 20.9 Å². The van der Waals surface area contributed by atoms with Crippen molar-refractivity contribution in [2.24, 2.45) is 0 Å². The van der Waals surface area contributed by atoms with Gasteiger partial charge in [0.25, 0.3) is 5.91 Å². The first kappa shape index (κ1) is 17.9. The van der Waals surface area contributed by atoms with Crippen molar-refractivity contribution in [1.29, 1.82) is 0 Å². The van der Waals surface area contributed by atoms with E-state index >= 15 is 0 Å². The van der Waals surface area contributed by atoms with Crippen molar-refractivity contribution in [3.8, 4) is 5.75 Å². The van der Waals surface area contributed by atoms with E-state index in [-0.39, 0.29) is 17.1 Å². The van der Waals surface area contributed by atoms with Gasteiger partial charge < -0.3 is 13.9 Å². The molecular weight excluding hydrogens is 342 g/mol. The number of alkyl halides is 2. The quantitative estimate of drug-likeness (QED) is 0.601. The van der Waals surface area contributed by atoms with Crippen molar-refractivity contribution in [3.05, 3.63) is 54.0 Å². The predicted octanol–water partition coefficient (Wildman–Crippen LogP) is 1.50. The maximum absolute atomic E-state index is 12.3. The standard InChI is InChI=1S/C15H12F2N2O6/c16-15(17)25-10-5-2-1-4-9(10)14(22)24-8-12(20)18-19-13(21)11-6-3-7-23-11/h1-7,15H,8H2,(H,18,20)(H,19,21).